The molecule has 0 aliphatic carbocycles. The molecule has 0 saturated carbocycles. The lowest BCUT2D eigenvalue weighted by molar-refractivity contribution is 0.00281. The summed E-state index contributed by atoms with van der Waals surface area (Å²) in [6.45, 7) is 5.03. The molecule has 94 valence electrons. The molecule has 1 atom stereocenters. The highest BCUT2D eigenvalue weighted by Crippen LogP contribution is 2.17. The third-order valence-corrected chi connectivity index (χ3v) is 3.12. The normalized spacial score (nSPS) is 20.6. The molecule has 0 bridgehead atoms. The first kappa shape index (κ1) is 12.4. The maximum absolute atomic E-state index is 12.3. The fourth-order valence-corrected chi connectivity index (χ4v) is 2.17. The summed E-state index contributed by atoms with van der Waals surface area (Å²) in [6.07, 6.45) is 0. The Bertz CT molecular complexity index is 419. The highest BCUT2D eigenvalue weighted by atomic mass is 35.5. The third kappa shape index (κ3) is 2.45. The fourth-order valence-electron chi connectivity index (χ4n) is 1.91. The molecule has 0 radical (unpaired) electrons. The summed E-state index contributed by atoms with van der Waals surface area (Å²) >= 11 is 5.83. The van der Waals surface area contributed by atoms with Crippen molar-refractivity contribution in [1.82, 2.24) is 9.88 Å². The number of ether oxygens (including phenoxy) is 1. The van der Waals surface area contributed by atoms with Crippen LogP contribution in [0.4, 0.5) is 0 Å². The summed E-state index contributed by atoms with van der Waals surface area (Å²) < 4.78 is 10.6. The molecule has 1 aromatic heterocycles. The number of carbonyl (C=O) groups excluding carboxylic acids is 1. The summed E-state index contributed by atoms with van der Waals surface area (Å²) in [5.41, 5.74) is 0.618. The van der Waals surface area contributed by atoms with Crippen LogP contribution in [0.5, 0.6) is 0 Å². The first-order valence-electron chi connectivity index (χ1n) is 5.52. The number of aryl methyl sites for hydroxylation is 2. The van der Waals surface area contributed by atoms with Crippen molar-refractivity contribution in [3.05, 3.63) is 17.3 Å². The van der Waals surface area contributed by atoms with Crippen LogP contribution in [0, 0.1) is 13.8 Å². The Labute approximate surface area is 105 Å². The van der Waals surface area contributed by atoms with Gasteiger partial charge in [0, 0.05) is 19.3 Å². The van der Waals surface area contributed by atoms with Crippen molar-refractivity contribution in [2.75, 3.05) is 25.6 Å². The number of amides is 1. The van der Waals surface area contributed by atoms with Crippen molar-refractivity contribution in [2.24, 2.45) is 0 Å². The molecular formula is C11H15ClN2O3. The van der Waals surface area contributed by atoms with E-state index in [0.717, 1.165) is 0 Å². The summed E-state index contributed by atoms with van der Waals surface area (Å²) in [5.74, 6) is 1.01. The summed E-state index contributed by atoms with van der Waals surface area (Å²) in [5, 5.41) is 0. The first-order valence-corrected chi connectivity index (χ1v) is 6.05. The van der Waals surface area contributed by atoms with Crippen molar-refractivity contribution < 1.29 is 13.9 Å². The van der Waals surface area contributed by atoms with Crippen LogP contribution in [0.15, 0.2) is 4.42 Å². The highest BCUT2D eigenvalue weighted by molar-refractivity contribution is 6.18. The largest absolute Gasteiger partial charge is 0.436 e. The van der Waals surface area contributed by atoms with E-state index in [1.54, 1.807) is 18.7 Å². The van der Waals surface area contributed by atoms with Crippen LogP contribution in [0.2, 0.25) is 0 Å². The molecule has 2 heterocycles. The van der Waals surface area contributed by atoms with Gasteiger partial charge in [0.2, 0.25) is 5.76 Å². The van der Waals surface area contributed by atoms with E-state index in [-0.39, 0.29) is 11.9 Å². The Balaban J connectivity index is 2.21. The molecule has 1 aliphatic rings. The van der Waals surface area contributed by atoms with Gasteiger partial charge >= 0.3 is 0 Å². The molecule has 1 fully saturated rings. The van der Waals surface area contributed by atoms with Crippen LogP contribution in [-0.4, -0.2) is 47.5 Å². The van der Waals surface area contributed by atoms with Crippen LogP contribution in [0.25, 0.3) is 0 Å². The Kier molecular flexibility index (Phi) is 3.69. The van der Waals surface area contributed by atoms with Crippen LogP contribution in [-0.2, 0) is 4.74 Å². The molecule has 1 saturated heterocycles. The van der Waals surface area contributed by atoms with E-state index in [0.29, 0.717) is 43.0 Å². The van der Waals surface area contributed by atoms with Gasteiger partial charge in [-0.25, -0.2) is 4.98 Å². The number of carbonyl (C=O) groups is 1. The zero-order chi connectivity index (χ0) is 12.4. The number of morpholine rings is 1. The lowest BCUT2D eigenvalue weighted by Gasteiger charge is -2.33. The van der Waals surface area contributed by atoms with E-state index in [1.165, 1.54) is 0 Å². The minimum Gasteiger partial charge on any atom is -0.436 e. The number of aromatic nitrogens is 1. The summed E-state index contributed by atoms with van der Waals surface area (Å²) in [4.78, 5) is 18.1. The van der Waals surface area contributed by atoms with Gasteiger partial charge in [-0.1, -0.05) is 0 Å². The molecule has 1 amide bonds. The van der Waals surface area contributed by atoms with Gasteiger partial charge in [-0.05, 0) is 6.92 Å². The maximum Gasteiger partial charge on any atom is 0.292 e. The van der Waals surface area contributed by atoms with E-state index >= 15 is 0 Å². The zero-order valence-corrected chi connectivity index (χ0v) is 10.7. The Hall–Kier alpha value is -1.07. The first-order chi connectivity index (χ1) is 8.13. The smallest absolute Gasteiger partial charge is 0.292 e. The minimum atomic E-state index is -0.156. The van der Waals surface area contributed by atoms with E-state index in [2.05, 4.69) is 4.98 Å². The molecule has 6 heteroatoms. The third-order valence-electron chi connectivity index (χ3n) is 2.76. The Morgan fingerprint density at radius 3 is 2.94 bits per heavy atom. The Morgan fingerprint density at radius 1 is 1.59 bits per heavy atom. The molecule has 5 nitrogen and oxygen atoms in total. The second-order valence-corrected chi connectivity index (χ2v) is 4.34. The number of halogens is 1. The maximum atomic E-state index is 12.3. The summed E-state index contributed by atoms with van der Waals surface area (Å²) in [6, 6.07) is -0.0947. The van der Waals surface area contributed by atoms with E-state index in [1.807, 2.05) is 0 Å². The van der Waals surface area contributed by atoms with Crippen molar-refractivity contribution in [3.8, 4) is 0 Å². The second-order valence-electron chi connectivity index (χ2n) is 4.03. The van der Waals surface area contributed by atoms with Gasteiger partial charge in [0.1, 0.15) is 0 Å². The van der Waals surface area contributed by atoms with E-state index in [4.69, 9.17) is 20.8 Å². The fraction of sp³-hybridized carbons (Fsp3) is 0.636. The van der Waals surface area contributed by atoms with Gasteiger partial charge in [0.05, 0.1) is 24.9 Å². The highest BCUT2D eigenvalue weighted by Gasteiger charge is 2.30. The number of rotatable bonds is 2. The van der Waals surface area contributed by atoms with Crippen LogP contribution >= 0.6 is 11.6 Å². The molecule has 0 N–H and O–H groups in total. The average molecular weight is 259 g/mol. The van der Waals surface area contributed by atoms with Gasteiger partial charge in [-0.15, -0.1) is 11.6 Å². The van der Waals surface area contributed by atoms with Crippen molar-refractivity contribution in [1.29, 1.82) is 0 Å². The van der Waals surface area contributed by atoms with E-state index in [9.17, 15) is 4.79 Å². The monoisotopic (exact) mass is 258 g/mol. The van der Waals surface area contributed by atoms with Gasteiger partial charge in [-0.2, -0.15) is 0 Å². The van der Waals surface area contributed by atoms with Gasteiger partial charge < -0.3 is 14.1 Å². The van der Waals surface area contributed by atoms with Gasteiger partial charge in [0.25, 0.3) is 5.91 Å². The second kappa shape index (κ2) is 5.06. The average Bonchev–Trinajstić information content (AvgIpc) is 2.67. The summed E-state index contributed by atoms with van der Waals surface area (Å²) in [7, 11) is 0. The van der Waals surface area contributed by atoms with E-state index < -0.39 is 0 Å². The molecule has 17 heavy (non-hydrogen) atoms. The predicted molar refractivity (Wildman–Crippen MR) is 62.3 cm³/mol. The minimum absolute atomic E-state index is 0.0947. The van der Waals surface area contributed by atoms with Crippen molar-refractivity contribution in [3.63, 3.8) is 0 Å². The van der Waals surface area contributed by atoms with Crippen molar-refractivity contribution >= 4 is 17.5 Å². The number of oxazole rings is 1. The molecule has 1 aromatic rings. The molecule has 0 aromatic carbocycles. The standard InChI is InChI=1S/C11H15ClN2O3/c1-7-10(17-8(2)13-7)11(15)14-3-4-16-6-9(14)5-12/h9H,3-6H2,1-2H3. The molecule has 0 spiro atoms. The van der Waals surface area contributed by atoms with Crippen LogP contribution in [0.3, 0.4) is 0 Å². The molecule has 2 rings (SSSR count). The van der Waals surface area contributed by atoms with Crippen LogP contribution in [0.1, 0.15) is 22.1 Å². The number of alkyl halides is 1. The topological polar surface area (TPSA) is 55.6 Å². The lowest BCUT2D eigenvalue weighted by Crippen LogP contribution is -2.49. The zero-order valence-electron chi connectivity index (χ0n) is 9.90. The lowest BCUT2D eigenvalue weighted by atomic mass is 10.2. The number of hydrogen-bond acceptors (Lipinski definition) is 4. The molecule has 1 unspecified atom stereocenters. The Morgan fingerprint density at radius 2 is 2.35 bits per heavy atom. The SMILES string of the molecule is Cc1nc(C)c(C(=O)N2CCOCC2CCl)o1. The predicted octanol–water partition coefficient (Wildman–Crippen LogP) is 1.37. The number of nitrogens with zero attached hydrogens (tertiary/aromatic N) is 2. The number of hydrogen-bond donors (Lipinski definition) is 0. The molecular weight excluding hydrogens is 244 g/mol. The van der Waals surface area contributed by atoms with Gasteiger partial charge in [0.15, 0.2) is 5.89 Å². The van der Waals surface area contributed by atoms with Crippen LogP contribution < -0.4 is 0 Å². The van der Waals surface area contributed by atoms with Gasteiger partial charge in [-0.3, -0.25) is 4.79 Å². The van der Waals surface area contributed by atoms with Crippen molar-refractivity contribution in [2.45, 2.75) is 19.9 Å². The molecule has 1 aliphatic heterocycles. The quantitative estimate of drug-likeness (QED) is 0.752.